The Morgan fingerprint density at radius 2 is 1.58 bits per heavy atom. The Morgan fingerprint density at radius 3 is 2.14 bits per heavy atom. The van der Waals surface area contributed by atoms with E-state index in [1.165, 1.54) is 51.7 Å². The quantitative estimate of drug-likeness (QED) is 0.304. The molecule has 0 aliphatic heterocycles. The molecule has 0 aliphatic rings. The van der Waals surface area contributed by atoms with Gasteiger partial charge in [-0.05, 0) is 35.9 Å². The van der Waals surface area contributed by atoms with Crippen LogP contribution in [0.5, 0.6) is 17.2 Å². The lowest BCUT2D eigenvalue weighted by Crippen LogP contribution is -2.40. The van der Waals surface area contributed by atoms with Gasteiger partial charge in [0.15, 0.2) is 11.5 Å². The van der Waals surface area contributed by atoms with E-state index in [2.05, 4.69) is 5.32 Å². The molecule has 12 heteroatoms. The molecule has 0 aliphatic carbocycles. The zero-order chi connectivity index (χ0) is 26.3. The molecule has 0 radical (unpaired) electrons. The van der Waals surface area contributed by atoms with Crippen LogP contribution < -0.4 is 23.8 Å². The third-order valence-corrected chi connectivity index (χ3v) is 6.95. The minimum atomic E-state index is -4.21. The number of nitrogens with one attached hydrogen (secondary N) is 1. The van der Waals surface area contributed by atoms with Gasteiger partial charge in [0.1, 0.15) is 6.54 Å². The van der Waals surface area contributed by atoms with Crippen molar-refractivity contribution >= 4 is 27.3 Å². The maximum Gasteiger partial charge on any atom is 0.271 e. The van der Waals surface area contributed by atoms with Gasteiger partial charge in [-0.15, -0.1) is 0 Å². The molecule has 3 rings (SSSR count). The Bertz CT molecular complexity index is 1320. The van der Waals surface area contributed by atoms with E-state index in [4.69, 9.17) is 14.2 Å². The lowest BCUT2D eigenvalue weighted by Gasteiger charge is -2.24. The number of methoxy groups -OCH3 is 3. The lowest BCUT2D eigenvalue weighted by molar-refractivity contribution is -0.384. The van der Waals surface area contributed by atoms with Gasteiger partial charge in [-0.25, -0.2) is 8.42 Å². The number of nitro benzene ring substituents is 1. The normalized spacial score (nSPS) is 10.9. The Kier molecular flexibility index (Phi) is 8.33. The number of hydrogen-bond acceptors (Lipinski definition) is 8. The maximum atomic E-state index is 13.4. The highest BCUT2D eigenvalue weighted by molar-refractivity contribution is 7.92. The minimum Gasteiger partial charge on any atom is -0.493 e. The summed E-state index contributed by atoms with van der Waals surface area (Å²) in [5, 5.41) is 13.9. The van der Waals surface area contributed by atoms with E-state index in [1.54, 1.807) is 30.3 Å². The SMILES string of the molecule is COc1cc(CNC(=O)CN(c2cccc([N+](=O)[O-])c2)S(=O)(=O)c2ccccc2)cc(OC)c1OC. The van der Waals surface area contributed by atoms with Crippen molar-refractivity contribution in [3.63, 3.8) is 0 Å². The Morgan fingerprint density at radius 1 is 0.944 bits per heavy atom. The first-order valence-electron chi connectivity index (χ1n) is 10.6. The molecule has 36 heavy (non-hydrogen) atoms. The summed E-state index contributed by atoms with van der Waals surface area (Å²) in [6.45, 7) is -0.577. The standard InChI is InChI=1S/C24H25N3O8S/c1-33-21-12-17(13-22(34-2)24(21)35-3)15-25-23(28)16-26(18-8-7-9-19(14-18)27(29)30)36(31,32)20-10-5-4-6-11-20/h4-14H,15-16H2,1-3H3,(H,25,28). The number of nitro groups is 1. The van der Waals surface area contributed by atoms with Crippen LogP contribution in [0.25, 0.3) is 0 Å². The van der Waals surface area contributed by atoms with Gasteiger partial charge < -0.3 is 19.5 Å². The zero-order valence-corrected chi connectivity index (χ0v) is 20.7. The third-order valence-electron chi connectivity index (χ3n) is 5.16. The number of nitrogens with zero attached hydrogens (tertiary/aromatic N) is 2. The van der Waals surface area contributed by atoms with E-state index in [1.807, 2.05) is 0 Å². The Labute approximate surface area is 208 Å². The second-order valence-corrected chi connectivity index (χ2v) is 9.27. The van der Waals surface area contributed by atoms with Crippen molar-refractivity contribution in [1.29, 1.82) is 0 Å². The van der Waals surface area contributed by atoms with Crippen LogP contribution in [0.2, 0.25) is 0 Å². The maximum absolute atomic E-state index is 13.4. The average Bonchev–Trinajstić information content (AvgIpc) is 2.90. The minimum absolute atomic E-state index is 0.0176. The molecule has 11 nitrogen and oxygen atoms in total. The molecule has 3 aromatic carbocycles. The van der Waals surface area contributed by atoms with E-state index in [0.29, 0.717) is 22.8 Å². The van der Waals surface area contributed by atoms with Crippen LogP contribution in [0.15, 0.2) is 71.6 Å². The fraction of sp³-hybridized carbons (Fsp3) is 0.208. The van der Waals surface area contributed by atoms with Gasteiger partial charge in [-0.1, -0.05) is 24.3 Å². The smallest absolute Gasteiger partial charge is 0.271 e. The molecule has 0 heterocycles. The molecule has 0 saturated heterocycles. The number of rotatable bonds is 11. The van der Waals surface area contributed by atoms with Crippen LogP contribution >= 0.6 is 0 Å². The predicted molar refractivity (Wildman–Crippen MR) is 132 cm³/mol. The second-order valence-electron chi connectivity index (χ2n) is 7.41. The molecule has 0 spiro atoms. The fourth-order valence-electron chi connectivity index (χ4n) is 3.42. The molecular formula is C24H25N3O8S. The number of carbonyl (C=O) groups is 1. The van der Waals surface area contributed by atoms with Gasteiger partial charge in [0, 0.05) is 18.7 Å². The highest BCUT2D eigenvalue weighted by Gasteiger charge is 2.28. The van der Waals surface area contributed by atoms with Crippen LogP contribution in [0, 0.1) is 10.1 Å². The van der Waals surface area contributed by atoms with Crippen LogP contribution in [-0.4, -0.2) is 47.1 Å². The van der Waals surface area contributed by atoms with E-state index < -0.39 is 27.4 Å². The molecule has 0 saturated carbocycles. The summed E-state index contributed by atoms with van der Waals surface area (Å²) in [4.78, 5) is 23.4. The molecule has 0 aromatic heterocycles. The van der Waals surface area contributed by atoms with Gasteiger partial charge in [0.05, 0.1) is 36.8 Å². The fourth-order valence-corrected chi connectivity index (χ4v) is 4.85. The largest absolute Gasteiger partial charge is 0.493 e. The van der Waals surface area contributed by atoms with Gasteiger partial charge in [-0.2, -0.15) is 0 Å². The van der Waals surface area contributed by atoms with Gasteiger partial charge in [0.2, 0.25) is 11.7 Å². The molecule has 0 unspecified atom stereocenters. The summed E-state index contributed by atoms with van der Waals surface area (Å²) in [6, 6.07) is 15.9. The summed E-state index contributed by atoms with van der Waals surface area (Å²) in [6.07, 6.45) is 0. The van der Waals surface area contributed by atoms with E-state index >= 15 is 0 Å². The van der Waals surface area contributed by atoms with E-state index in [-0.39, 0.29) is 22.8 Å². The van der Waals surface area contributed by atoms with Crippen LogP contribution in [0.4, 0.5) is 11.4 Å². The highest BCUT2D eigenvalue weighted by atomic mass is 32.2. The molecule has 190 valence electrons. The van der Waals surface area contributed by atoms with E-state index in [0.717, 1.165) is 10.4 Å². The van der Waals surface area contributed by atoms with Gasteiger partial charge >= 0.3 is 0 Å². The molecule has 0 atom stereocenters. The predicted octanol–water partition coefficient (Wildman–Crippen LogP) is 3.13. The first-order valence-corrected chi connectivity index (χ1v) is 12.0. The summed E-state index contributed by atoms with van der Waals surface area (Å²) in [5.41, 5.74) is 0.292. The van der Waals surface area contributed by atoms with Crippen molar-refractivity contribution in [2.75, 3.05) is 32.2 Å². The molecule has 3 aromatic rings. The number of sulfonamides is 1. The van der Waals surface area contributed by atoms with Crippen LogP contribution in [0.1, 0.15) is 5.56 Å². The molecule has 1 amide bonds. The number of amides is 1. The van der Waals surface area contributed by atoms with E-state index in [9.17, 15) is 23.3 Å². The molecular weight excluding hydrogens is 490 g/mol. The Hall–Kier alpha value is -4.32. The number of ether oxygens (including phenoxy) is 3. The monoisotopic (exact) mass is 515 g/mol. The van der Waals surface area contributed by atoms with Crippen molar-refractivity contribution < 1.29 is 32.3 Å². The van der Waals surface area contributed by atoms with Crippen molar-refractivity contribution in [2.45, 2.75) is 11.4 Å². The highest BCUT2D eigenvalue weighted by Crippen LogP contribution is 2.38. The van der Waals surface area contributed by atoms with Crippen LogP contribution in [0.3, 0.4) is 0 Å². The number of non-ortho nitro benzene ring substituents is 1. The topological polar surface area (TPSA) is 137 Å². The second kappa shape index (κ2) is 11.4. The van der Waals surface area contributed by atoms with Crippen molar-refractivity contribution in [2.24, 2.45) is 0 Å². The van der Waals surface area contributed by atoms with Crippen molar-refractivity contribution in [1.82, 2.24) is 5.32 Å². The summed E-state index contributed by atoms with van der Waals surface area (Å²) < 4.78 is 43.5. The summed E-state index contributed by atoms with van der Waals surface area (Å²) in [7, 11) is 0.185. The van der Waals surface area contributed by atoms with Crippen molar-refractivity contribution in [3.05, 3.63) is 82.4 Å². The summed E-state index contributed by atoms with van der Waals surface area (Å²) in [5.74, 6) is 0.549. The summed E-state index contributed by atoms with van der Waals surface area (Å²) >= 11 is 0. The molecule has 1 N–H and O–H groups in total. The van der Waals surface area contributed by atoms with Crippen LogP contribution in [-0.2, 0) is 21.4 Å². The number of hydrogen-bond donors (Lipinski definition) is 1. The first-order chi connectivity index (χ1) is 17.2. The Balaban J connectivity index is 1.89. The van der Waals surface area contributed by atoms with Crippen molar-refractivity contribution in [3.8, 4) is 17.2 Å². The lowest BCUT2D eigenvalue weighted by atomic mass is 10.1. The number of benzene rings is 3. The first kappa shape index (κ1) is 26.3. The average molecular weight is 516 g/mol. The molecule has 0 fully saturated rings. The van der Waals surface area contributed by atoms with Gasteiger partial charge in [-0.3, -0.25) is 19.2 Å². The molecule has 0 bridgehead atoms. The number of anilines is 1. The zero-order valence-electron chi connectivity index (χ0n) is 19.8. The number of carbonyl (C=O) groups excluding carboxylic acids is 1. The van der Waals surface area contributed by atoms with Gasteiger partial charge in [0.25, 0.3) is 15.7 Å². The third kappa shape index (κ3) is 5.84.